The van der Waals surface area contributed by atoms with E-state index in [9.17, 15) is 19.7 Å². The zero-order valence-electron chi connectivity index (χ0n) is 9.88. The molecule has 0 aromatic carbocycles. The zero-order chi connectivity index (χ0) is 14.4. The lowest BCUT2D eigenvalue weighted by Crippen LogP contribution is -2.31. The Bertz CT molecular complexity index is 520. The van der Waals surface area contributed by atoms with E-state index in [4.69, 9.17) is 11.6 Å². The molecule has 8 nitrogen and oxygen atoms in total. The predicted octanol–water partition coefficient (Wildman–Crippen LogP) is 0.936. The van der Waals surface area contributed by atoms with Crippen LogP contribution in [-0.2, 0) is 9.53 Å². The van der Waals surface area contributed by atoms with Gasteiger partial charge in [-0.05, 0) is 13.0 Å². The van der Waals surface area contributed by atoms with Gasteiger partial charge in [0.15, 0.2) is 0 Å². The van der Waals surface area contributed by atoms with E-state index < -0.39 is 22.5 Å². The van der Waals surface area contributed by atoms with Gasteiger partial charge in [0.1, 0.15) is 23.5 Å². The molecule has 0 radical (unpaired) electrons. The Hall–Kier alpha value is -2.22. The second-order valence-corrected chi connectivity index (χ2v) is 3.66. The number of pyridine rings is 1. The van der Waals surface area contributed by atoms with E-state index in [-0.39, 0.29) is 23.9 Å². The fourth-order valence-corrected chi connectivity index (χ4v) is 1.37. The molecule has 0 atom stereocenters. The van der Waals surface area contributed by atoms with Crippen LogP contribution in [0.4, 0.5) is 5.69 Å². The number of nitrogens with zero attached hydrogens (tertiary/aromatic N) is 2. The Balaban J connectivity index is 2.84. The summed E-state index contributed by atoms with van der Waals surface area (Å²) in [4.78, 5) is 36.3. The summed E-state index contributed by atoms with van der Waals surface area (Å²) in [7, 11) is 0. The van der Waals surface area contributed by atoms with Gasteiger partial charge in [0, 0.05) is 0 Å². The normalized spacial score (nSPS) is 9.79. The van der Waals surface area contributed by atoms with Gasteiger partial charge >= 0.3 is 5.97 Å². The molecule has 0 unspecified atom stereocenters. The smallest absolute Gasteiger partial charge is 0.325 e. The third kappa shape index (κ3) is 4.18. The molecule has 19 heavy (non-hydrogen) atoms. The Morgan fingerprint density at radius 3 is 2.84 bits per heavy atom. The van der Waals surface area contributed by atoms with Crippen LogP contribution in [0.2, 0.25) is 5.15 Å². The van der Waals surface area contributed by atoms with E-state index in [1.54, 1.807) is 6.92 Å². The predicted molar refractivity (Wildman–Crippen MR) is 64.9 cm³/mol. The lowest BCUT2D eigenvalue weighted by molar-refractivity contribution is -0.385. The number of hydrogen-bond acceptors (Lipinski definition) is 6. The zero-order valence-corrected chi connectivity index (χ0v) is 10.6. The van der Waals surface area contributed by atoms with E-state index in [0.29, 0.717) is 0 Å². The van der Waals surface area contributed by atoms with Crippen molar-refractivity contribution in [3.8, 4) is 0 Å². The fourth-order valence-electron chi connectivity index (χ4n) is 1.21. The minimum Gasteiger partial charge on any atom is -0.465 e. The Labute approximate surface area is 112 Å². The first-order valence-corrected chi connectivity index (χ1v) is 5.57. The molecule has 1 aromatic rings. The van der Waals surface area contributed by atoms with Crippen LogP contribution in [0.5, 0.6) is 0 Å². The number of nitro groups is 1. The van der Waals surface area contributed by atoms with Gasteiger partial charge in [0.25, 0.3) is 11.6 Å². The van der Waals surface area contributed by atoms with Gasteiger partial charge in [-0.1, -0.05) is 11.6 Å². The average molecular weight is 288 g/mol. The Morgan fingerprint density at radius 1 is 1.58 bits per heavy atom. The molecule has 1 rings (SSSR count). The van der Waals surface area contributed by atoms with Crippen molar-refractivity contribution in [2.75, 3.05) is 13.2 Å². The van der Waals surface area contributed by atoms with Crippen LogP contribution >= 0.6 is 11.6 Å². The summed E-state index contributed by atoms with van der Waals surface area (Å²) in [6.45, 7) is 1.41. The fraction of sp³-hybridized carbons (Fsp3) is 0.300. The first kappa shape index (κ1) is 14.8. The molecule has 1 aromatic heterocycles. The highest BCUT2D eigenvalue weighted by Crippen LogP contribution is 2.19. The maximum atomic E-state index is 11.7. The molecule has 9 heteroatoms. The summed E-state index contributed by atoms with van der Waals surface area (Å²) in [6, 6.07) is 1.06. The molecule has 0 bridgehead atoms. The molecule has 0 aliphatic rings. The van der Waals surface area contributed by atoms with Crippen molar-refractivity contribution in [2.24, 2.45) is 0 Å². The SMILES string of the molecule is CCOC(=O)CNC(=O)c1cc(Cl)ncc1[N+](=O)[O-]. The number of hydrogen-bond donors (Lipinski definition) is 1. The van der Waals surface area contributed by atoms with Gasteiger partial charge in [-0.25, -0.2) is 4.98 Å². The average Bonchev–Trinajstić information content (AvgIpc) is 2.35. The van der Waals surface area contributed by atoms with Gasteiger partial charge in [-0.2, -0.15) is 0 Å². The maximum Gasteiger partial charge on any atom is 0.325 e. The van der Waals surface area contributed by atoms with Crippen molar-refractivity contribution in [3.05, 3.63) is 33.1 Å². The van der Waals surface area contributed by atoms with Crippen molar-refractivity contribution in [3.63, 3.8) is 0 Å². The minimum atomic E-state index is -0.802. The van der Waals surface area contributed by atoms with E-state index in [1.165, 1.54) is 0 Å². The molecular formula is C10H10ClN3O5. The number of esters is 1. The molecule has 0 aliphatic carbocycles. The topological polar surface area (TPSA) is 111 Å². The highest BCUT2D eigenvalue weighted by atomic mass is 35.5. The second-order valence-electron chi connectivity index (χ2n) is 3.27. The van der Waals surface area contributed by atoms with Crippen LogP contribution in [-0.4, -0.2) is 34.9 Å². The van der Waals surface area contributed by atoms with Gasteiger partial charge in [0.2, 0.25) is 0 Å². The van der Waals surface area contributed by atoms with Crippen molar-refractivity contribution < 1.29 is 19.2 Å². The van der Waals surface area contributed by atoms with E-state index in [2.05, 4.69) is 15.0 Å². The third-order valence-corrected chi connectivity index (χ3v) is 2.20. The number of aromatic nitrogens is 1. The van der Waals surface area contributed by atoms with E-state index >= 15 is 0 Å². The van der Waals surface area contributed by atoms with Crippen molar-refractivity contribution in [1.82, 2.24) is 10.3 Å². The standard InChI is InChI=1S/C10H10ClN3O5/c1-2-19-9(15)5-13-10(16)6-3-8(11)12-4-7(6)14(17)18/h3-4H,2,5H2,1H3,(H,13,16). The first-order valence-electron chi connectivity index (χ1n) is 5.19. The minimum absolute atomic E-state index is 0.0631. The third-order valence-electron chi connectivity index (χ3n) is 1.99. The highest BCUT2D eigenvalue weighted by molar-refractivity contribution is 6.29. The largest absolute Gasteiger partial charge is 0.465 e. The monoisotopic (exact) mass is 287 g/mol. The molecule has 0 spiro atoms. The lowest BCUT2D eigenvalue weighted by atomic mass is 10.2. The number of ether oxygens (including phenoxy) is 1. The van der Waals surface area contributed by atoms with Crippen LogP contribution < -0.4 is 5.32 Å². The number of nitrogens with one attached hydrogen (secondary N) is 1. The lowest BCUT2D eigenvalue weighted by Gasteiger charge is -2.05. The van der Waals surface area contributed by atoms with Crippen LogP contribution in [0.3, 0.4) is 0 Å². The summed E-state index contributed by atoms with van der Waals surface area (Å²) in [5.41, 5.74) is -0.764. The Morgan fingerprint density at radius 2 is 2.26 bits per heavy atom. The highest BCUT2D eigenvalue weighted by Gasteiger charge is 2.21. The van der Waals surface area contributed by atoms with Crippen LogP contribution in [0.25, 0.3) is 0 Å². The Kier molecular flexibility index (Phi) is 5.19. The first-order chi connectivity index (χ1) is 8.95. The molecule has 1 N–H and O–H groups in total. The van der Waals surface area contributed by atoms with Crippen LogP contribution in [0.1, 0.15) is 17.3 Å². The van der Waals surface area contributed by atoms with Crippen molar-refractivity contribution >= 4 is 29.2 Å². The van der Waals surface area contributed by atoms with Gasteiger partial charge in [0.05, 0.1) is 11.5 Å². The van der Waals surface area contributed by atoms with Crippen LogP contribution in [0, 0.1) is 10.1 Å². The van der Waals surface area contributed by atoms with Crippen molar-refractivity contribution in [1.29, 1.82) is 0 Å². The summed E-state index contributed by atoms with van der Waals surface area (Å²) in [5.74, 6) is -1.44. The van der Waals surface area contributed by atoms with Gasteiger partial charge in [-0.3, -0.25) is 19.7 Å². The summed E-state index contributed by atoms with van der Waals surface area (Å²) in [5, 5.41) is 12.9. The van der Waals surface area contributed by atoms with Crippen molar-refractivity contribution in [2.45, 2.75) is 6.92 Å². The van der Waals surface area contributed by atoms with Gasteiger partial charge in [-0.15, -0.1) is 0 Å². The van der Waals surface area contributed by atoms with Crippen LogP contribution in [0.15, 0.2) is 12.3 Å². The maximum absolute atomic E-state index is 11.7. The molecule has 1 amide bonds. The molecule has 0 aliphatic heterocycles. The summed E-state index contributed by atoms with van der Waals surface area (Å²) >= 11 is 5.57. The number of carbonyl (C=O) groups excluding carboxylic acids is 2. The summed E-state index contributed by atoms with van der Waals surface area (Å²) in [6.07, 6.45) is 0.877. The molecule has 0 saturated heterocycles. The van der Waals surface area contributed by atoms with E-state index in [0.717, 1.165) is 12.3 Å². The molecular weight excluding hydrogens is 278 g/mol. The molecule has 1 heterocycles. The quantitative estimate of drug-likeness (QED) is 0.373. The molecule has 0 saturated carbocycles. The van der Waals surface area contributed by atoms with E-state index in [1.807, 2.05) is 0 Å². The number of halogens is 1. The summed E-state index contributed by atoms with van der Waals surface area (Å²) < 4.78 is 4.60. The second kappa shape index (κ2) is 6.64. The molecule has 102 valence electrons. The number of carbonyl (C=O) groups is 2. The van der Waals surface area contributed by atoms with Gasteiger partial charge < -0.3 is 10.1 Å². The number of amides is 1. The molecule has 0 fully saturated rings. The number of rotatable bonds is 5.